The number of ether oxygens (including phenoxy) is 1. The lowest BCUT2D eigenvalue weighted by molar-refractivity contribution is -0.157. The number of carbonyl (C=O) groups is 1. The molecule has 82 valence electrons. The first kappa shape index (κ1) is 11.5. The van der Waals surface area contributed by atoms with E-state index in [0.29, 0.717) is 5.56 Å². The summed E-state index contributed by atoms with van der Waals surface area (Å²) in [4.78, 5) is 11.3. The van der Waals surface area contributed by atoms with E-state index in [9.17, 15) is 9.90 Å². The minimum Gasteiger partial charge on any atom is -0.508 e. The standard InChI is InChI=1S/C11H14O4/c1-7(2)15-11(14)10(13)8-3-5-9(12)6-4-8/h3-7,10,12-13H,1-2H3. The average molecular weight is 210 g/mol. The monoisotopic (exact) mass is 210 g/mol. The predicted octanol–water partition coefficient (Wildman–Crippen LogP) is 1.38. The van der Waals surface area contributed by atoms with Crippen LogP contribution in [0.25, 0.3) is 0 Å². The molecule has 1 unspecified atom stereocenters. The van der Waals surface area contributed by atoms with Crippen LogP contribution in [-0.4, -0.2) is 22.3 Å². The average Bonchev–Trinajstić information content (AvgIpc) is 2.17. The fourth-order valence-electron chi connectivity index (χ4n) is 1.09. The molecule has 0 radical (unpaired) electrons. The van der Waals surface area contributed by atoms with Crippen LogP contribution < -0.4 is 0 Å². The summed E-state index contributed by atoms with van der Waals surface area (Å²) in [7, 11) is 0. The number of hydrogen-bond acceptors (Lipinski definition) is 4. The Hall–Kier alpha value is -1.55. The highest BCUT2D eigenvalue weighted by Gasteiger charge is 2.19. The topological polar surface area (TPSA) is 66.8 Å². The van der Waals surface area contributed by atoms with E-state index in [1.54, 1.807) is 13.8 Å². The Labute approximate surface area is 88.1 Å². The van der Waals surface area contributed by atoms with Crippen molar-refractivity contribution >= 4 is 5.97 Å². The van der Waals surface area contributed by atoms with Gasteiger partial charge in [0.25, 0.3) is 0 Å². The molecule has 0 heterocycles. The number of esters is 1. The van der Waals surface area contributed by atoms with E-state index in [4.69, 9.17) is 9.84 Å². The lowest BCUT2D eigenvalue weighted by atomic mass is 10.1. The summed E-state index contributed by atoms with van der Waals surface area (Å²) in [5.41, 5.74) is 0.401. The molecule has 2 N–H and O–H groups in total. The van der Waals surface area contributed by atoms with Crippen molar-refractivity contribution in [2.24, 2.45) is 0 Å². The number of phenols is 1. The largest absolute Gasteiger partial charge is 0.508 e. The summed E-state index contributed by atoms with van der Waals surface area (Å²) >= 11 is 0. The smallest absolute Gasteiger partial charge is 0.339 e. The van der Waals surface area contributed by atoms with Crippen LogP contribution in [-0.2, 0) is 9.53 Å². The van der Waals surface area contributed by atoms with Gasteiger partial charge in [0.15, 0.2) is 6.10 Å². The Bertz CT molecular complexity index is 329. The molecule has 0 aliphatic heterocycles. The Balaban J connectivity index is 2.71. The molecule has 0 aliphatic carbocycles. The van der Waals surface area contributed by atoms with Gasteiger partial charge in [-0.05, 0) is 31.5 Å². The van der Waals surface area contributed by atoms with Crippen LogP contribution in [0.15, 0.2) is 24.3 Å². The Kier molecular flexibility index (Phi) is 3.68. The number of aliphatic hydroxyl groups excluding tert-OH is 1. The second kappa shape index (κ2) is 4.79. The zero-order valence-corrected chi connectivity index (χ0v) is 8.68. The van der Waals surface area contributed by atoms with E-state index in [0.717, 1.165) is 0 Å². The van der Waals surface area contributed by atoms with Crippen molar-refractivity contribution in [2.45, 2.75) is 26.1 Å². The van der Waals surface area contributed by atoms with Crippen LogP contribution in [0.2, 0.25) is 0 Å². The summed E-state index contributed by atoms with van der Waals surface area (Å²) in [5.74, 6) is -0.598. The molecule has 0 bridgehead atoms. The molecule has 0 saturated heterocycles. The third-order valence-electron chi connectivity index (χ3n) is 1.78. The van der Waals surface area contributed by atoms with Crippen LogP contribution in [0.5, 0.6) is 5.75 Å². The molecule has 0 spiro atoms. The van der Waals surface area contributed by atoms with Gasteiger partial charge in [0.05, 0.1) is 6.10 Å². The Morgan fingerprint density at radius 2 is 1.80 bits per heavy atom. The summed E-state index contributed by atoms with van der Waals surface area (Å²) in [6.07, 6.45) is -1.56. The van der Waals surface area contributed by atoms with Crippen molar-refractivity contribution in [3.63, 3.8) is 0 Å². The van der Waals surface area contributed by atoms with Crippen LogP contribution in [0.1, 0.15) is 25.5 Å². The molecule has 0 aromatic heterocycles. The number of aliphatic hydroxyl groups is 1. The minimum absolute atomic E-state index is 0.0863. The maximum atomic E-state index is 11.3. The van der Waals surface area contributed by atoms with Crippen molar-refractivity contribution in [1.29, 1.82) is 0 Å². The van der Waals surface area contributed by atoms with Gasteiger partial charge >= 0.3 is 5.97 Å². The van der Waals surface area contributed by atoms with E-state index < -0.39 is 12.1 Å². The number of rotatable bonds is 3. The van der Waals surface area contributed by atoms with Gasteiger partial charge in [-0.1, -0.05) is 12.1 Å². The SMILES string of the molecule is CC(C)OC(=O)C(O)c1ccc(O)cc1. The lowest BCUT2D eigenvalue weighted by Gasteiger charge is -2.13. The van der Waals surface area contributed by atoms with Crippen molar-refractivity contribution in [3.05, 3.63) is 29.8 Å². The zero-order valence-electron chi connectivity index (χ0n) is 8.68. The van der Waals surface area contributed by atoms with Gasteiger partial charge in [-0.15, -0.1) is 0 Å². The number of benzene rings is 1. The van der Waals surface area contributed by atoms with E-state index in [1.165, 1.54) is 24.3 Å². The maximum Gasteiger partial charge on any atom is 0.339 e. The van der Waals surface area contributed by atoms with Gasteiger partial charge in [0, 0.05) is 0 Å². The fourth-order valence-corrected chi connectivity index (χ4v) is 1.09. The van der Waals surface area contributed by atoms with Crippen molar-refractivity contribution in [1.82, 2.24) is 0 Å². The molecule has 1 rings (SSSR count). The molecular formula is C11H14O4. The molecule has 0 aliphatic rings. The highest BCUT2D eigenvalue weighted by atomic mass is 16.6. The quantitative estimate of drug-likeness (QED) is 0.739. The van der Waals surface area contributed by atoms with E-state index in [-0.39, 0.29) is 11.9 Å². The van der Waals surface area contributed by atoms with Gasteiger partial charge in [-0.3, -0.25) is 0 Å². The van der Waals surface area contributed by atoms with Gasteiger partial charge in [0.2, 0.25) is 0 Å². The second-order valence-electron chi connectivity index (χ2n) is 3.48. The molecule has 4 heteroatoms. The molecule has 0 fully saturated rings. The highest BCUT2D eigenvalue weighted by molar-refractivity contribution is 5.76. The zero-order chi connectivity index (χ0) is 11.4. The summed E-state index contributed by atoms with van der Waals surface area (Å²) < 4.78 is 4.85. The van der Waals surface area contributed by atoms with Gasteiger partial charge in [0.1, 0.15) is 5.75 Å². The van der Waals surface area contributed by atoms with E-state index in [1.807, 2.05) is 0 Å². The molecule has 1 atom stereocenters. The third kappa shape index (κ3) is 3.25. The van der Waals surface area contributed by atoms with Crippen LogP contribution >= 0.6 is 0 Å². The predicted molar refractivity (Wildman–Crippen MR) is 54.3 cm³/mol. The Morgan fingerprint density at radius 3 is 2.27 bits per heavy atom. The van der Waals surface area contributed by atoms with Crippen LogP contribution in [0.3, 0.4) is 0 Å². The van der Waals surface area contributed by atoms with Crippen molar-refractivity contribution in [2.75, 3.05) is 0 Å². The summed E-state index contributed by atoms with van der Waals surface area (Å²) in [6.45, 7) is 3.42. The molecule has 1 aromatic rings. The van der Waals surface area contributed by atoms with Gasteiger partial charge in [-0.25, -0.2) is 4.79 Å². The molecular weight excluding hydrogens is 196 g/mol. The van der Waals surface area contributed by atoms with Crippen molar-refractivity contribution < 1.29 is 19.7 Å². The third-order valence-corrected chi connectivity index (χ3v) is 1.78. The van der Waals surface area contributed by atoms with Crippen LogP contribution in [0, 0.1) is 0 Å². The fraction of sp³-hybridized carbons (Fsp3) is 0.364. The van der Waals surface area contributed by atoms with Crippen LogP contribution in [0.4, 0.5) is 0 Å². The second-order valence-corrected chi connectivity index (χ2v) is 3.48. The van der Waals surface area contributed by atoms with Crippen molar-refractivity contribution in [3.8, 4) is 5.75 Å². The first-order chi connectivity index (χ1) is 7.00. The lowest BCUT2D eigenvalue weighted by Crippen LogP contribution is -2.19. The number of hydrogen-bond donors (Lipinski definition) is 2. The molecule has 4 nitrogen and oxygen atoms in total. The van der Waals surface area contributed by atoms with Gasteiger partial charge in [-0.2, -0.15) is 0 Å². The van der Waals surface area contributed by atoms with E-state index in [2.05, 4.69) is 0 Å². The number of carbonyl (C=O) groups excluding carboxylic acids is 1. The normalized spacial score (nSPS) is 12.5. The molecule has 15 heavy (non-hydrogen) atoms. The highest BCUT2D eigenvalue weighted by Crippen LogP contribution is 2.18. The number of phenolic OH excluding ortho intramolecular Hbond substituents is 1. The van der Waals surface area contributed by atoms with E-state index >= 15 is 0 Å². The Morgan fingerprint density at radius 1 is 1.27 bits per heavy atom. The van der Waals surface area contributed by atoms with Gasteiger partial charge < -0.3 is 14.9 Å². The molecule has 0 amide bonds. The minimum atomic E-state index is -1.30. The molecule has 0 saturated carbocycles. The first-order valence-corrected chi connectivity index (χ1v) is 4.68. The summed E-state index contributed by atoms with van der Waals surface area (Å²) in [5, 5.41) is 18.6. The number of aromatic hydroxyl groups is 1. The maximum absolute atomic E-state index is 11.3. The summed E-state index contributed by atoms with van der Waals surface area (Å²) in [6, 6.07) is 5.76. The molecule has 1 aromatic carbocycles. The first-order valence-electron chi connectivity index (χ1n) is 4.68.